The fraction of sp³-hybridized carbons (Fsp3) is 0.818. The van der Waals surface area contributed by atoms with E-state index in [4.69, 9.17) is 0 Å². The maximum atomic E-state index is 9.68. The SMILES string of the molecule is CCCCCCCCC(O)c1ncn[nH]1. The molecule has 1 atom stereocenters. The van der Waals surface area contributed by atoms with Gasteiger partial charge < -0.3 is 5.11 Å². The quantitative estimate of drug-likeness (QED) is 0.650. The average Bonchev–Trinajstić information content (AvgIpc) is 2.76. The minimum atomic E-state index is -0.473. The van der Waals surface area contributed by atoms with Crippen LogP contribution in [0.3, 0.4) is 0 Å². The summed E-state index contributed by atoms with van der Waals surface area (Å²) in [5.74, 6) is 0.587. The molecule has 0 aromatic carbocycles. The predicted molar refractivity (Wildman–Crippen MR) is 59.3 cm³/mol. The standard InChI is InChI=1S/C11H21N3O/c1-2-3-4-5-6-7-8-10(15)11-12-9-13-14-11/h9-10,15H,2-8H2,1H3,(H,12,13,14). The summed E-state index contributed by atoms with van der Waals surface area (Å²) < 4.78 is 0. The van der Waals surface area contributed by atoms with E-state index >= 15 is 0 Å². The molecule has 0 saturated heterocycles. The van der Waals surface area contributed by atoms with Crippen molar-refractivity contribution in [3.63, 3.8) is 0 Å². The minimum absolute atomic E-state index is 0.473. The topological polar surface area (TPSA) is 61.8 Å². The second-order valence-corrected chi connectivity index (χ2v) is 3.94. The third kappa shape index (κ3) is 4.93. The van der Waals surface area contributed by atoms with Crippen molar-refractivity contribution in [2.75, 3.05) is 0 Å². The molecule has 1 aromatic heterocycles. The summed E-state index contributed by atoms with van der Waals surface area (Å²) in [4.78, 5) is 3.93. The summed E-state index contributed by atoms with van der Waals surface area (Å²) in [6.45, 7) is 2.22. The minimum Gasteiger partial charge on any atom is -0.385 e. The highest BCUT2D eigenvalue weighted by Crippen LogP contribution is 2.16. The van der Waals surface area contributed by atoms with Gasteiger partial charge in [-0.2, -0.15) is 5.10 Å². The number of hydrogen-bond acceptors (Lipinski definition) is 3. The summed E-state index contributed by atoms with van der Waals surface area (Å²) >= 11 is 0. The summed E-state index contributed by atoms with van der Waals surface area (Å²) in [6, 6.07) is 0. The number of unbranched alkanes of at least 4 members (excludes halogenated alkanes) is 5. The van der Waals surface area contributed by atoms with Gasteiger partial charge in [0.2, 0.25) is 0 Å². The highest BCUT2D eigenvalue weighted by atomic mass is 16.3. The van der Waals surface area contributed by atoms with E-state index in [1.165, 1.54) is 38.4 Å². The lowest BCUT2D eigenvalue weighted by Crippen LogP contribution is -1.99. The first kappa shape index (κ1) is 12.2. The van der Waals surface area contributed by atoms with Crippen molar-refractivity contribution in [3.8, 4) is 0 Å². The highest BCUT2D eigenvalue weighted by Gasteiger charge is 2.09. The van der Waals surface area contributed by atoms with Crippen LogP contribution in [0.5, 0.6) is 0 Å². The van der Waals surface area contributed by atoms with Crippen LogP contribution in [0.25, 0.3) is 0 Å². The van der Waals surface area contributed by atoms with Crippen LogP contribution in [0.4, 0.5) is 0 Å². The number of aromatic nitrogens is 3. The van der Waals surface area contributed by atoms with Crippen LogP contribution in [0, 0.1) is 0 Å². The maximum absolute atomic E-state index is 9.68. The molecule has 86 valence electrons. The third-order valence-corrected chi connectivity index (χ3v) is 2.58. The van der Waals surface area contributed by atoms with Gasteiger partial charge in [0.05, 0.1) is 0 Å². The molecular weight excluding hydrogens is 190 g/mol. The van der Waals surface area contributed by atoms with Crippen molar-refractivity contribution in [1.29, 1.82) is 0 Å². The number of aliphatic hydroxyl groups is 1. The van der Waals surface area contributed by atoms with E-state index in [0.717, 1.165) is 12.8 Å². The van der Waals surface area contributed by atoms with Gasteiger partial charge >= 0.3 is 0 Å². The van der Waals surface area contributed by atoms with Crippen LogP contribution in [0.2, 0.25) is 0 Å². The van der Waals surface area contributed by atoms with Crippen LogP contribution in [0.1, 0.15) is 63.8 Å². The van der Waals surface area contributed by atoms with Crippen molar-refractivity contribution >= 4 is 0 Å². The van der Waals surface area contributed by atoms with Crippen molar-refractivity contribution in [2.24, 2.45) is 0 Å². The number of aromatic amines is 1. The number of aliphatic hydroxyl groups excluding tert-OH is 1. The van der Waals surface area contributed by atoms with Gasteiger partial charge in [0.15, 0.2) is 5.82 Å². The third-order valence-electron chi connectivity index (χ3n) is 2.58. The monoisotopic (exact) mass is 211 g/mol. The molecular formula is C11H21N3O. The van der Waals surface area contributed by atoms with Crippen LogP contribution in [-0.2, 0) is 0 Å². The number of nitrogens with zero attached hydrogens (tertiary/aromatic N) is 2. The largest absolute Gasteiger partial charge is 0.385 e. The van der Waals surface area contributed by atoms with E-state index in [2.05, 4.69) is 22.1 Å². The fourth-order valence-electron chi connectivity index (χ4n) is 1.63. The van der Waals surface area contributed by atoms with Crippen molar-refractivity contribution < 1.29 is 5.11 Å². The molecule has 4 nitrogen and oxygen atoms in total. The highest BCUT2D eigenvalue weighted by molar-refractivity contribution is 4.85. The Hall–Kier alpha value is -0.900. The molecule has 1 unspecified atom stereocenters. The molecule has 0 aliphatic heterocycles. The van der Waals surface area contributed by atoms with E-state index < -0.39 is 6.10 Å². The summed E-state index contributed by atoms with van der Waals surface area (Å²) in [5, 5.41) is 16.1. The van der Waals surface area contributed by atoms with E-state index in [0.29, 0.717) is 5.82 Å². The molecule has 2 N–H and O–H groups in total. The second-order valence-electron chi connectivity index (χ2n) is 3.94. The number of hydrogen-bond donors (Lipinski definition) is 2. The molecule has 0 saturated carbocycles. The Morgan fingerprint density at radius 1 is 1.27 bits per heavy atom. The molecule has 0 fully saturated rings. The molecule has 0 bridgehead atoms. The first-order valence-electron chi connectivity index (χ1n) is 5.88. The summed E-state index contributed by atoms with van der Waals surface area (Å²) in [7, 11) is 0. The van der Waals surface area contributed by atoms with Crippen molar-refractivity contribution in [2.45, 2.75) is 58.0 Å². The maximum Gasteiger partial charge on any atom is 0.153 e. The van der Waals surface area contributed by atoms with Crippen molar-refractivity contribution in [1.82, 2.24) is 15.2 Å². The zero-order valence-electron chi connectivity index (χ0n) is 9.45. The lowest BCUT2D eigenvalue weighted by molar-refractivity contribution is 0.154. The van der Waals surface area contributed by atoms with Gasteiger partial charge in [-0.25, -0.2) is 4.98 Å². The summed E-state index contributed by atoms with van der Waals surface area (Å²) in [5.41, 5.74) is 0. The Morgan fingerprint density at radius 2 is 2.00 bits per heavy atom. The summed E-state index contributed by atoms with van der Waals surface area (Å²) in [6.07, 6.45) is 9.19. The van der Waals surface area contributed by atoms with E-state index in [1.54, 1.807) is 0 Å². The normalized spacial score (nSPS) is 12.9. The van der Waals surface area contributed by atoms with E-state index in [-0.39, 0.29) is 0 Å². The Bertz CT molecular complexity index is 236. The molecule has 0 spiro atoms. The van der Waals surface area contributed by atoms with Gasteiger partial charge in [0.1, 0.15) is 12.4 Å². The first-order chi connectivity index (χ1) is 7.34. The smallest absolute Gasteiger partial charge is 0.153 e. The molecule has 0 aliphatic rings. The predicted octanol–water partition coefficient (Wildman–Crippen LogP) is 2.59. The van der Waals surface area contributed by atoms with Gasteiger partial charge in [0, 0.05) is 0 Å². The second kappa shape index (κ2) is 7.40. The Balaban J connectivity index is 2.00. The Labute approximate surface area is 91.1 Å². The lowest BCUT2D eigenvalue weighted by atomic mass is 10.1. The first-order valence-corrected chi connectivity index (χ1v) is 5.88. The lowest BCUT2D eigenvalue weighted by Gasteiger charge is -2.06. The van der Waals surface area contributed by atoms with E-state index in [1.807, 2.05) is 0 Å². The Kier molecular flexibility index (Phi) is 6.00. The molecule has 0 radical (unpaired) electrons. The van der Waals surface area contributed by atoms with Crippen LogP contribution in [0.15, 0.2) is 6.33 Å². The molecule has 0 aliphatic carbocycles. The molecule has 15 heavy (non-hydrogen) atoms. The molecule has 1 rings (SSSR count). The zero-order chi connectivity index (χ0) is 10.9. The number of H-pyrrole nitrogens is 1. The Morgan fingerprint density at radius 3 is 2.67 bits per heavy atom. The molecule has 4 heteroatoms. The van der Waals surface area contributed by atoms with Crippen LogP contribution >= 0.6 is 0 Å². The van der Waals surface area contributed by atoms with E-state index in [9.17, 15) is 5.11 Å². The fourth-order valence-corrected chi connectivity index (χ4v) is 1.63. The van der Waals surface area contributed by atoms with Gasteiger partial charge in [-0.05, 0) is 6.42 Å². The van der Waals surface area contributed by atoms with Gasteiger partial charge in [-0.15, -0.1) is 0 Å². The van der Waals surface area contributed by atoms with Crippen LogP contribution in [-0.4, -0.2) is 20.3 Å². The van der Waals surface area contributed by atoms with Gasteiger partial charge in [0.25, 0.3) is 0 Å². The van der Waals surface area contributed by atoms with Gasteiger partial charge in [-0.3, -0.25) is 5.10 Å². The van der Waals surface area contributed by atoms with Crippen molar-refractivity contribution in [3.05, 3.63) is 12.2 Å². The molecule has 1 heterocycles. The number of rotatable bonds is 8. The average molecular weight is 211 g/mol. The molecule has 0 amide bonds. The number of nitrogens with one attached hydrogen (secondary N) is 1. The zero-order valence-corrected chi connectivity index (χ0v) is 9.45. The molecule has 1 aromatic rings. The van der Waals surface area contributed by atoms with Gasteiger partial charge in [-0.1, -0.05) is 45.4 Å². The van der Waals surface area contributed by atoms with Crippen LogP contribution < -0.4 is 0 Å².